The normalized spacial score (nSPS) is 16.0. The molecule has 1 N–H and O–H groups in total. The van der Waals surface area contributed by atoms with Crippen molar-refractivity contribution in [2.45, 2.75) is 89.8 Å². The van der Waals surface area contributed by atoms with Gasteiger partial charge in [0.15, 0.2) is 0 Å². The highest BCUT2D eigenvalue weighted by Crippen LogP contribution is 2.31. The van der Waals surface area contributed by atoms with Gasteiger partial charge in [0.2, 0.25) is 0 Å². The number of hydrogen-bond acceptors (Lipinski definition) is 7. The van der Waals surface area contributed by atoms with Crippen molar-refractivity contribution in [1.82, 2.24) is 0 Å². The number of benzene rings is 1. The predicted molar refractivity (Wildman–Crippen MR) is 163 cm³/mol. The van der Waals surface area contributed by atoms with Gasteiger partial charge in [-0.15, -0.1) is 0 Å². The second-order valence-electron chi connectivity index (χ2n) is 10.6. The Hall–Kier alpha value is -3.97. The summed E-state index contributed by atoms with van der Waals surface area (Å²) in [5.41, 5.74) is 3.06. The molecule has 2 aliphatic rings. The molecule has 0 radical (unpaired) electrons. The Morgan fingerprint density at radius 2 is 1.52 bits per heavy atom. The lowest BCUT2D eigenvalue weighted by atomic mass is 9.90. The minimum atomic E-state index is -0.855. The first kappa shape index (κ1) is 32.5. The lowest BCUT2D eigenvalue weighted by Gasteiger charge is -2.24. The fourth-order valence-corrected chi connectivity index (χ4v) is 4.86. The van der Waals surface area contributed by atoms with E-state index in [0.717, 1.165) is 44.6 Å². The summed E-state index contributed by atoms with van der Waals surface area (Å²) in [4.78, 5) is 35.2. The molecule has 2 atom stereocenters. The minimum Gasteiger partial charge on any atom is -0.488 e. The number of aldehydes is 1. The third-order valence-electron chi connectivity index (χ3n) is 7.29. The number of carbonyl (C=O) groups excluding carboxylic acids is 3. The van der Waals surface area contributed by atoms with Gasteiger partial charge >= 0.3 is 11.9 Å². The van der Waals surface area contributed by atoms with E-state index in [9.17, 15) is 19.5 Å². The number of hydrogen-bond donors (Lipinski definition) is 1. The van der Waals surface area contributed by atoms with Crippen LogP contribution >= 0.6 is 0 Å². The monoisotopic (exact) mass is 574 g/mol. The summed E-state index contributed by atoms with van der Waals surface area (Å²) in [6.07, 6.45) is 17.0. The van der Waals surface area contributed by atoms with Crippen LogP contribution in [-0.2, 0) is 19.1 Å². The number of aliphatic hydroxyl groups is 1. The molecule has 0 fully saturated rings. The van der Waals surface area contributed by atoms with Crippen LogP contribution in [0.25, 0.3) is 0 Å². The average molecular weight is 575 g/mol. The first-order chi connectivity index (χ1) is 20.3. The average Bonchev–Trinajstić information content (AvgIpc) is 3.01. The van der Waals surface area contributed by atoms with E-state index in [1.54, 1.807) is 24.3 Å². The van der Waals surface area contributed by atoms with Crippen molar-refractivity contribution in [3.8, 4) is 5.75 Å². The summed E-state index contributed by atoms with van der Waals surface area (Å²) in [7, 11) is 0. The van der Waals surface area contributed by atoms with Crippen molar-refractivity contribution in [3.05, 3.63) is 102 Å². The van der Waals surface area contributed by atoms with Crippen LogP contribution in [0.4, 0.5) is 0 Å². The van der Waals surface area contributed by atoms with E-state index in [1.807, 2.05) is 24.3 Å². The summed E-state index contributed by atoms with van der Waals surface area (Å²) in [6.45, 7) is 9.26. The molecular formula is C35H42O7. The van der Waals surface area contributed by atoms with E-state index >= 15 is 0 Å². The molecule has 0 saturated heterocycles. The topological polar surface area (TPSA) is 99.1 Å². The highest BCUT2D eigenvalue weighted by Gasteiger charge is 2.22. The Labute approximate surface area is 248 Å². The SMILES string of the molecule is C=CC(=O)OC1=CC=C(C2=CC=C(OC(=O)c3ccc(OC(CCCCCCC)C(O)CC(=C)C=O)cc3)CC2)CC1. The summed E-state index contributed by atoms with van der Waals surface area (Å²) in [6, 6.07) is 6.68. The van der Waals surface area contributed by atoms with Crippen LogP contribution in [0, 0.1) is 0 Å². The molecule has 0 aliphatic heterocycles. The molecule has 0 saturated carbocycles. The van der Waals surface area contributed by atoms with Crippen molar-refractivity contribution in [1.29, 1.82) is 0 Å². The third-order valence-corrected chi connectivity index (χ3v) is 7.29. The zero-order valence-electron chi connectivity index (χ0n) is 24.5. The lowest BCUT2D eigenvalue weighted by molar-refractivity contribution is -0.134. The zero-order valence-corrected chi connectivity index (χ0v) is 24.5. The molecule has 0 amide bonds. The van der Waals surface area contributed by atoms with E-state index in [0.29, 0.717) is 54.0 Å². The van der Waals surface area contributed by atoms with Crippen molar-refractivity contribution < 1.29 is 33.7 Å². The minimum absolute atomic E-state index is 0.152. The Morgan fingerprint density at radius 3 is 2.07 bits per heavy atom. The Bertz CT molecular complexity index is 1250. The zero-order chi connectivity index (χ0) is 30.3. The van der Waals surface area contributed by atoms with Crippen LogP contribution in [-0.4, -0.2) is 35.5 Å². The third kappa shape index (κ3) is 10.5. The Balaban J connectivity index is 1.56. The summed E-state index contributed by atoms with van der Waals surface area (Å²) in [5, 5.41) is 10.7. The molecule has 1 aromatic rings. The number of rotatable bonds is 17. The maximum absolute atomic E-state index is 12.8. The molecule has 0 bridgehead atoms. The van der Waals surface area contributed by atoms with Crippen molar-refractivity contribution in [2.75, 3.05) is 0 Å². The molecule has 42 heavy (non-hydrogen) atoms. The van der Waals surface area contributed by atoms with Gasteiger partial charge in [-0.3, -0.25) is 4.79 Å². The van der Waals surface area contributed by atoms with Gasteiger partial charge in [0.05, 0.1) is 11.7 Å². The second-order valence-corrected chi connectivity index (χ2v) is 10.6. The molecular weight excluding hydrogens is 532 g/mol. The molecule has 7 nitrogen and oxygen atoms in total. The standard InChI is InChI=1S/C35H42O7/c1-4-6-7-8-9-10-33(32(37)23-25(3)24-36)40-29-21-15-28(16-22-29)35(39)42-31-19-13-27(14-20-31)26-11-17-30(18-12-26)41-34(38)5-2/h5,11,13,15-17,19,21-22,24,32-33,37H,2-4,6-10,12,14,18,20,23H2,1H3. The van der Waals surface area contributed by atoms with Crippen molar-refractivity contribution in [2.24, 2.45) is 0 Å². The highest BCUT2D eigenvalue weighted by molar-refractivity contribution is 5.90. The van der Waals surface area contributed by atoms with Crippen LogP contribution in [0.2, 0.25) is 0 Å². The van der Waals surface area contributed by atoms with Gasteiger partial charge in [0.25, 0.3) is 0 Å². The van der Waals surface area contributed by atoms with Crippen LogP contribution < -0.4 is 4.74 Å². The first-order valence-electron chi connectivity index (χ1n) is 14.8. The van der Waals surface area contributed by atoms with E-state index in [-0.39, 0.29) is 6.42 Å². The lowest BCUT2D eigenvalue weighted by Crippen LogP contribution is -2.32. The second kappa shape index (κ2) is 17.1. The predicted octanol–water partition coefficient (Wildman–Crippen LogP) is 7.39. The molecule has 224 valence electrons. The smallest absolute Gasteiger partial charge is 0.343 e. The van der Waals surface area contributed by atoms with Crippen LogP contribution in [0.5, 0.6) is 5.75 Å². The van der Waals surface area contributed by atoms with Gasteiger partial charge in [0.1, 0.15) is 29.7 Å². The number of esters is 2. The molecule has 3 rings (SSSR count). The van der Waals surface area contributed by atoms with Gasteiger partial charge in [-0.1, -0.05) is 57.9 Å². The van der Waals surface area contributed by atoms with Gasteiger partial charge in [0, 0.05) is 25.3 Å². The molecule has 0 aromatic heterocycles. The molecule has 2 unspecified atom stereocenters. The Morgan fingerprint density at radius 1 is 0.905 bits per heavy atom. The quantitative estimate of drug-likeness (QED) is 0.0896. The Kier molecular flexibility index (Phi) is 13.2. The van der Waals surface area contributed by atoms with Gasteiger partial charge in [-0.05, 0) is 78.8 Å². The van der Waals surface area contributed by atoms with Crippen LogP contribution in [0.15, 0.2) is 96.0 Å². The number of ether oxygens (including phenoxy) is 3. The fraction of sp³-hybridized carbons (Fsp3) is 0.400. The molecule has 2 aliphatic carbocycles. The first-order valence-corrected chi connectivity index (χ1v) is 14.8. The summed E-state index contributed by atoms with van der Waals surface area (Å²) < 4.78 is 16.9. The van der Waals surface area contributed by atoms with E-state index in [1.165, 1.54) is 17.6 Å². The molecule has 0 heterocycles. The molecule has 1 aromatic carbocycles. The van der Waals surface area contributed by atoms with E-state index < -0.39 is 24.1 Å². The van der Waals surface area contributed by atoms with Crippen LogP contribution in [0.3, 0.4) is 0 Å². The van der Waals surface area contributed by atoms with Crippen molar-refractivity contribution >= 4 is 18.2 Å². The summed E-state index contributed by atoms with van der Waals surface area (Å²) in [5.74, 6) is 0.841. The molecule has 0 spiro atoms. The number of aliphatic hydroxyl groups excluding tert-OH is 1. The van der Waals surface area contributed by atoms with Gasteiger partial charge in [-0.25, -0.2) is 9.59 Å². The maximum atomic E-state index is 12.8. The van der Waals surface area contributed by atoms with E-state index in [2.05, 4.69) is 20.1 Å². The van der Waals surface area contributed by atoms with Crippen molar-refractivity contribution in [3.63, 3.8) is 0 Å². The number of unbranched alkanes of at least 4 members (excludes halogenated alkanes) is 4. The van der Waals surface area contributed by atoms with Gasteiger partial charge in [-0.2, -0.15) is 0 Å². The van der Waals surface area contributed by atoms with Crippen LogP contribution in [0.1, 0.15) is 87.9 Å². The highest BCUT2D eigenvalue weighted by atomic mass is 16.5. The summed E-state index contributed by atoms with van der Waals surface area (Å²) >= 11 is 0. The van der Waals surface area contributed by atoms with E-state index in [4.69, 9.17) is 14.2 Å². The fourth-order valence-electron chi connectivity index (χ4n) is 4.86. The largest absolute Gasteiger partial charge is 0.488 e. The maximum Gasteiger partial charge on any atom is 0.343 e. The number of allylic oxidation sites excluding steroid dienone is 8. The van der Waals surface area contributed by atoms with Gasteiger partial charge < -0.3 is 19.3 Å². The molecule has 7 heteroatoms. The number of carbonyl (C=O) groups is 3.